The monoisotopic (exact) mass is 421 g/mol. The van der Waals surface area contributed by atoms with Gasteiger partial charge in [0.15, 0.2) is 0 Å². The van der Waals surface area contributed by atoms with Gasteiger partial charge >= 0.3 is 0 Å². The summed E-state index contributed by atoms with van der Waals surface area (Å²) in [5.74, 6) is 0.212. The highest BCUT2D eigenvalue weighted by Gasteiger charge is 2.11. The summed E-state index contributed by atoms with van der Waals surface area (Å²) in [4.78, 5) is 32.8. The number of carbonyl (C=O) groups excluding carboxylic acids is 2. The van der Waals surface area contributed by atoms with Crippen LogP contribution in [0.4, 0.5) is 11.6 Å². The molecule has 162 valence electrons. The molecule has 0 radical (unpaired) electrons. The Morgan fingerprint density at radius 2 is 1.87 bits per heavy atom. The summed E-state index contributed by atoms with van der Waals surface area (Å²) in [5, 5.41) is 12.9. The zero-order valence-electron chi connectivity index (χ0n) is 18.1. The third-order valence-electron chi connectivity index (χ3n) is 4.38. The predicted octanol–water partition coefficient (Wildman–Crippen LogP) is 2.67. The molecule has 3 N–H and O–H groups in total. The lowest BCUT2D eigenvalue weighted by Gasteiger charge is -2.10. The molecule has 0 aliphatic carbocycles. The molecule has 0 saturated heterocycles. The molecule has 9 nitrogen and oxygen atoms in total. The first-order valence-corrected chi connectivity index (χ1v) is 10.2. The Kier molecular flexibility index (Phi) is 6.96. The number of benzene rings is 1. The summed E-state index contributed by atoms with van der Waals surface area (Å²) in [7, 11) is 0. The first kappa shape index (κ1) is 21.9. The first-order chi connectivity index (χ1) is 14.9. The Bertz CT molecular complexity index is 1060. The van der Waals surface area contributed by atoms with Gasteiger partial charge in [0.05, 0.1) is 17.6 Å². The van der Waals surface area contributed by atoms with E-state index in [-0.39, 0.29) is 24.4 Å². The maximum Gasteiger partial charge on any atom is 0.251 e. The number of likely N-dealkylation sites (N-methyl/N-ethyl adjacent to an activating group) is 1. The van der Waals surface area contributed by atoms with Crippen LogP contribution in [0.15, 0.2) is 42.9 Å². The fourth-order valence-electron chi connectivity index (χ4n) is 2.96. The smallest absolute Gasteiger partial charge is 0.251 e. The number of nitrogens with one attached hydrogen (secondary N) is 3. The van der Waals surface area contributed by atoms with Gasteiger partial charge in [0.1, 0.15) is 6.54 Å². The second-order valence-corrected chi connectivity index (χ2v) is 7.44. The van der Waals surface area contributed by atoms with Crippen LogP contribution in [0.25, 0.3) is 11.3 Å². The van der Waals surface area contributed by atoms with Crippen molar-refractivity contribution >= 4 is 23.5 Å². The molecular weight excluding hydrogens is 394 g/mol. The van der Waals surface area contributed by atoms with Crippen LogP contribution in [-0.2, 0) is 11.3 Å². The van der Waals surface area contributed by atoms with Gasteiger partial charge in [-0.2, -0.15) is 5.10 Å². The molecule has 0 aliphatic rings. The number of rotatable bonds is 8. The van der Waals surface area contributed by atoms with E-state index in [1.54, 1.807) is 35.4 Å². The number of aromatic nitrogens is 4. The summed E-state index contributed by atoms with van der Waals surface area (Å²) < 4.78 is 1.54. The molecule has 0 aliphatic heterocycles. The van der Waals surface area contributed by atoms with Gasteiger partial charge in [0.2, 0.25) is 11.9 Å². The van der Waals surface area contributed by atoms with E-state index in [2.05, 4.69) is 31.0 Å². The minimum absolute atomic E-state index is 0.0790. The van der Waals surface area contributed by atoms with Crippen LogP contribution in [0.3, 0.4) is 0 Å². The summed E-state index contributed by atoms with van der Waals surface area (Å²) in [6, 6.07) is 7.40. The molecule has 2 heterocycles. The molecule has 3 aromatic rings. The highest BCUT2D eigenvalue weighted by atomic mass is 16.2. The molecule has 2 aromatic heterocycles. The van der Waals surface area contributed by atoms with Crippen molar-refractivity contribution < 1.29 is 9.59 Å². The highest BCUT2D eigenvalue weighted by Crippen LogP contribution is 2.23. The fourth-order valence-corrected chi connectivity index (χ4v) is 2.96. The summed E-state index contributed by atoms with van der Waals surface area (Å²) in [6.45, 7) is 8.38. The van der Waals surface area contributed by atoms with Crippen molar-refractivity contribution in [2.45, 2.75) is 40.3 Å². The fraction of sp³-hybridized carbons (Fsp3) is 0.318. The van der Waals surface area contributed by atoms with E-state index < -0.39 is 0 Å². The highest BCUT2D eigenvalue weighted by molar-refractivity contribution is 5.94. The van der Waals surface area contributed by atoms with Crippen LogP contribution in [0.5, 0.6) is 0 Å². The SMILES string of the molecule is CCNC(=O)Cn1cc(Nc2ncc(C)c(-c3ccc(C(=O)NC(C)C)cc3)n2)cn1. The molecule has 2 amide bonds. The van der Waals surface area contributed by atoms with Crippen molar-refractivity contribution in [1.82, 2.24) is 30.4 Å². The van der Waals surface area contributed by atoms with Crippen molar-refractivity contribution in [3.8, 4) is 11.3 Å². The molecular formula is C22H27N7O2. The Morgan fingerprint density at radius 3 is 2.55 bits per heavy atom. The lowest BCUT2D eigenvalue weighted by molar-refractivity contribution is -0.121. The van der Waals surface area contributed by atoms with Gasteiger partial charge in [0.25, 0.3) is 5.91 Å². The number of nitrogens with zero attached hydrogens (tertiary/aromatic N) is 4. The standard InChI is InChI=1S/C22H27N7O2/c1-5-23-19(30)13-29-12-18(11-25-29)27-22-24-10-15(4)20(28-22)16-6-8-17(9-7-16)21(31)26-14(2)3/h6-12,14H,5,13H2,1-4H3,(H,23,30)(H,26,31)(H,24,27,28). The van der Waals surface area contributed by atoms with E-state index in [9.17, 15) is 9.59 Å². The van der Waals surface area contributed by atoms with Crippen LogP contribution in [0, 0.1) is 6.92 Å². The van der Waals surface area contributed by atoms with Crippen molar-refractivity contribution in [2.75, 3.05) is 11.9 Å². The number of hydrogen-bond donors (Lipinski definition) is 3. The minimum atomic E-state index is -0.104. The van der Waals surface area contributed by atoms with Crippen molar-refractivity contribution in [2.24, 2.45) is 0 Å². The van der Waals surface area contributed by atoms with Crippen LogP contribution < -0.4 is 16.0 Å². The minimum Gasteiger partial charge on any atom is -0.355 e. The maximum absolute atomic E-state index is 12.2. The van der Waals surface area contributed by atoms with Gasteiger partial charge in [-0.15, -0.1) is 0 Å². The Morgan fingerprint density at radius 1 is 1.13 bits per heavy atom. The van der Waals surface area contributed by atoms with Crippen molar-refractivity contribution in [3.05, 3.63) is 54.0 Å². The molecule has 0 saturated carbocycles. The normalized spacial score (nSPS) is 10.7. The van der Waals surface area contributed by atoms with Crippen LogP contribution in [0.1, 0.15) is 36.7 Å². The molecule has 3 rings (SSSR count). The van der Waals surface area contributed by atoms with Crippen LogP contribution >= 0.6 is 0 Å². The van der Waals surface area contributed by atoms with E-state index in [4.69, 9.17) is 0 Å². The van der Waals surface area contributed by atoms with E-state index in [0.29, 0.717) is 23.7 Å². The number of carbonyl (C=O) groups is 2. The summed E-state index contributed by atoms with van der Waals surface area (Å²) >= 11 is 0. The van der Waals surface area contributed by atoms with E-state index >= 15 is 0 Å². The van der Waals surface area contributed by atoms with Gasteiger partial charge in [-0.3, -0.25) is 14.3 Å². The average Bonchev–Trinajstić information content (AvgIpc) is 3.16. The molecule has 9 heteroatoms. The number of hydrogen-bond acceptors (Lipinski definition) is 6. The molecule has 0 bridgehead atoms. The van der Waals surface area contributed by atoms with E-state index in [0.717, 1.165) is 16.8 Å². The Labute approximate surface area is 181 Å². The lowest BCUT2D eigenvalue weighted by Crippen LogP contribution is -2.29. The Hall–Kier alpha value is -3.75. The Balaban J connectivity index is 1.74. The van der Waals surface area contributed by atoms with Crippen LogP contribution in [-0.4, -0.2) is 44.1 Å². The van der Waals surface area contributed by atoms with Gasteiger partial charge in [-0.05, 0) is 45.4 Å². The third kappa shape index (κ3) is 5.88. The summed E-state index contributed by atoms with van der Waals surface area (Å²) in [5.41, 5.74) is 3.85. The number of anilines is 2. The second-order valence-electron chi connectivity index (χ2n) is 7.44. The van der Waals surface area contributed by atoms with Crippen LogP contribution in [0.2, 0.25) is 0 Å². The maximum atomic E-state index is 12.2. The van der Waals surface area contributed by atoms with Crippen molar-refractivity contribution in [3.63, 3.8) is 0 Å². The molecule has 0 spiro atoms. The van der Waals surface area contributed by atoms with Gasteiger partial charge < -0.3 is 16.0 Å². The predicted molar refractivity (Wildman–Crippen MR) is 119 cm³/mol. The molecule has 0 atom stereocenters. The zero-order chi connectivity index (χ0) is 22.4. The molecule has 31 heavy (non-hydrogen) atoms. The third-order valence-corrected chi connectivity index (χ3v) is 4.38. The van der Waals surface area contributed by atoms with E-state index in [1.165, 1.54) is 0 Å². The first-order valence-electron chi connectivity index (χ1n) is 10.2. The number of aryl methyl sites for hydroxylation is 1. The molecule has 1 aromatic carbocycles. The van der Waals surface area contributed by atoms with E-state index in [1.807, 2.05) is 39.8 Å². The molecule has 0 unspecified atom stereocenters. The quantitative estimate of drug-likeness (QED) is 0.515. The van der Waals surface area contributed by atoms with Gasteiger partial charge in [-0.25, -0.2) is 9.97 Å². The van der Waals surface area contributed by atoms with Crippen molar-refractivity contribution in [1.29, 1.82) is 0 Å². The second kappa shape index (κ2) is 9.84. The zero-order valence-corrected chi connectivity index (χ0v) is 18.1. The topological polar surface area (TPSA) is 114 Å². The van der Waals surface area contributed by atoms with Gasteiger partial charge in [-0.1, -0.05) is 12.1 Å². The lowest BCUT2D eigenvalue weighted by atomic mass is 10.1. The summed E-state index contributed by atoms with van der Waals surface area (Å²) in [6.07, 6.45) is 5.08. The molecule has 0 fully saturated rings. The average molecular weight is 422 g/mol. The largest absolute Gasteiger partial charge is 0.355 e. The number of amides is 2. The van der Waals surface area contributed by atoms with Gasteiger partial charge in [0, 0.05) is 36.1 Å².